The first-order chi connectivity index (χ1) is 8.02. The standard InChI is InChI=1S/C11H6ClNO4/c12-11(15)8-5-9(13(16)17)6-3-1-2-4-7(6)10(8)14/h1-5,14H. The van der Waals surface area contributed by atoms with Gasteiger partial charge in [-0.1, -0.05) is 18.2 Å². The molecule has 0 spiro atoms. The fourth-order valence-electron chi connectivity index (χ4n) is 1.64. The summed E-state index contributed by atoms with van der Waals surface area (Å²) in [6.45, 7) is 0. The number of nitro benzene ring substituents is 1. The molecule has 0 unspecified atom stereocenters. The van der Waals surface area contributed by atoms with Crippen LogP contribution in [0.25, 0.3) is 10.8 Å². The van der Waals surface area contributed by atoms with E-state index in [2.05, 4.69) is 0 Å². The lowest BCUT2D eigenvalue weighted by molar-refractivity contribution is -0.383. The number of benzene rings is 2. The molecule has 2 aromatic carbocycles. The van der Waals surface area contributed by atoms with Crippen LogP contribution in [0.1, 0.15) is 10.4 Å². The molecule has 0 atom stereocenters. The number of phenols is 1. The van der Waals surface area contributed by atoms with Gasteiger partial charge in [-0.2, -0.15) is 0 Å². The zero-order chi connectivity index (χ0) is 12.6. The van der Waals surface area contributed by atoms with Crippen molar-refractivity contribution in [2.45, 2.75) is 0 Å². The van der Waals surface area contributed by atoms with Crippen LogP contribution in [0.3, 0.4) is 0 Å². The summed E-state index contributed by atoms with van der Waals surface area (Å²) in [5, 5.41) is 20.2. The highest BCUT2D eigenvalue weighted by Crippen LogP contribution is 2.36. The van der Waals surface area contributed by atoms with Crippen LogP contribution in [0.2, 0.25) is 0 Å². The average molecular weight is 252 g/mol. The molecule has 0 bridgehead atoms. The van der Waals surface area contributed by atoms with Gasteiger partial charge in [0.2, 0.25) is 0 Å². The number of non-ortho nitro benzene ring substituents is 1. The van der Waals surface area contributed by atoms with Gasteiger partial charge in [0.25, 0.3) is 10.9 Å². The van der Waals surface area contributed by atoms with Crippen molar-refractivity contribution in [3.05, 3.63) is 46.0 Å². The highest BCUT2D eigenvalue weighted by molar-refractivity contribution is 6.68. The third kappa shape index (κ3) is 1.81. The van der Waals surface area contributed by atoms with E-state index in [1.807, 2.05) is 0 Å². The van der Waals surface area contributed by atoms with E-state index in [1.165, 1.54) is 12.1 Å². The summed E-state index contributed by atoms with van der Waals surface area (Å²) in [4.78, 5) is 21.3. The highest BCUT2D eigenvalue weighted by Gasteiger charge is 2.21. The molecule has 17 heavy (non-hydrogen) atoms. The maximum absolute atomic E-state index is 11.1. The van der Waals surface area contributed by atoms with E-state index in [1.54, 1.807) is 12.1 Å². The first kappa shape index (κ1) is 11.3. The Bertz CT molecular complexity index is 639. The van der Waals surface area contributed by atoms with Crippen LogP contribution in [0.15, 0.2) is 30.3 Å². The minimum Gasteiger partial charge on any atom is -0.506 e. The number of nitro groups is 1. The van der Waals surface area contributed by atoms with E-state index < -0.39 is 10.2 Å². The molecular weight excluding hydrogens is 246 g/mol. The van der Waals surface area contributed by atoms with Crippen molar-refractivity contribution in [1.82, 2.24) is 0 Å². The van der Waals surface area contributed by atoms with Crippen molar-refractivity contribution in [3.63, 3.8) is 0 Å². The summed E-state index contributed by atoms with van der Waals surface area (Å²) in [7, 11) is 0. The third-order valence-electron chi connectivity index (χ3n) is 2.40. The maximum atomic E-state index is 11.1. The fourth-order valence-corrected chi connectivity index (χ4v) is 1.79. The zero-order valence-electron chi connectivity index (χ0n) is 8.38. The number of carbonyl (C=O) groups excluding carboxylic acids is 1. The van der Waals surface area contributed by atoms with Crippen LogP contribution in [0, 0.1) is 10.1 Å². The predicted octanol–water partition coefficient (Wildman–Crippen LogP) is 2.83. The molecule has 2 rings (SSSR count). The molecule has 0 saturated carbocycles. The predicted molar refractivity (Wildman–Crippen MR) is 62.5 cm³/mol. The molecular formula is C11H6ClNO4. The molecule has 0 amide bonds. The van der Waals surface area contributed by atoms with Gasteiger partial charge >= 0.3 is 0 Å². The molecule has 0 aromatic heterocycles. The lowest BCUT2D eigenvalue weighted by Crippen LogP contribution is -1.96. The molecule has 0 aliphatic carbocycles. The molecule has 86 valence electrons. The van der Waals surface area contributed by atoms with Crippen molar-refractivity contribution in [2.75, 3.05) is 0 Å². The molecule has 0 saturated heterocycles. The third-order valence-corrected chi connectivity index (χ3v) is 2.61. The Balaban J connectivity index is 2.94. The van der Waals surface area contributed by atoms with Gasteiger partial charge in [-0.15, -0.1) is 0 Å². The van der Waals surface area contributed by atoms with Gasteiger partial charge in [-0.05, 0) is 17.7 Å². The summed E-state index contributed by atoms with van der Waals surface area (Å²) in [6, 6.07) is 7.18. The summed E-state index contributed by atoms with van der Waals surface area (Å²) >= 11 is 5.26. The van der Waals surface area contributed by atoms with Crippen LogP contribution in [-0.2, 0) is 0 Å². The lowest BCUT2D eigenvalue weighted by Gasteiger charge is -2.05. The molecule has 0 fully saturated rings. The number of phenolic OH excluding ortho intramolecular Hbond substituents is 1. The van der Waals surface area contributed by atoms with E-state index in [9.17, 15) is 20.0 Å². The molecule has 1 N–H and O–H groups in total. The molecule has 6 heteroatoms. The van der Waals surface area contributed by atoms with Crippen molar-refractivity contribution in [1.29, 1.82) is 0 Å². The van der Waals surface area contributed by atoms with Crippen molar-refractivity contribution in [2.24, 2.45) is 0 Å². The summed E-state index contributed by atoms with van der Waals surface area (Å²) in [5.41, 5.74) is -0.528. The normalized spacial score (nSPS) is 10.4. The maximum Gasteiger partial charge on any atom is 0.278 e. The van der Waals surface area contributed by atoms with Gasteiger partial charge < -0.3 is 5.11 Å². The van der Waals surface area contributed by atoms with Crippen LogP contribution in [0.5, 0.6) is 5.75 Å². The summed E-state index contributed by atoms with van der Waals surface area (Å²) < 4.78 is 0. The van der Waals surface area contributed by atoms with Gasteiger partial charge in [0.15, 0.2) is 0 Å². The SMILES string of the molecule is O=C(Cl)c1cc([N+](=O)[O-])c2ccccc2c1O. The largest absolute Gasteiger partial charge is 0.506 e. The van der Waals surface area contributed by atoms with Gasteiger partial charge in [0, 0.05) is 11.5 Å². The van der Waals surface area contributed by atoms with Crippen LogP contribution in [-0.4, -0.2) is 15.3 Å². The molecule has 2 aromatic rings. The lowest BCUT2D eigenvalue weighted by atomic mass is 10.0. The first-order valence-corrected chi connectivity index (χ1v) is 4.99. The Morgan fingerprint density at radius 2 is 1.88 bits per heavy atom. The highest BCUT2D eigenvalue weighted by atomic mass is 35.5. The average Bonchev–Trinajstić information content (AvgIpc) is 2.29. The number of halogens is 1. The van der Waals surface area contributed by atoms with Crippen molar-refractivity contribution >= 4 is 33.3 Å². The van der Waals surface area contributed by atoms with Gasteiger partial charge in [-0.3, -0.25) is 14.9 Å². The van der Waals surface area contributed by atoms with E-state index >= 15 is 0 Å². The second-order valence-corrected chi connectivity index (χ2v) is 3.71. The Morgan fingerprint density at radius 1 is 1.29 bits per heavy atom. The number of hydrogen-bond acceptors (Lipinski definition) is 4. The van der Waals surface area contributed by atoms with E-state index in [0.29, 0.717) is 0 Å². The first-order valence-electron chi connectivity index (χ1n) is 4.61. The number of aromatic hydroxyl groups is 1. The topological polar surface area (TPSA) is 80.4 Å². The number of fused-ring (bicyclic) bond motifs is 1. The zero-order valence-corrected chi connectivity index (χ0v) is 9.14. The Kier molecular flexibility index (Phi) is 2.69. The molecule has 0 radical (unpaired) electrons. The Hall–Kier alpha value is -2.14. The number of nitrogens with zero attached hydrogens (tertiary/aromatic N) is 1. The minimum atomic E-state index is -0.934. The van der Waals surface area contributed by atoms with Crippen molar-refractivity contribution < 1.29 is 14.8 Å². The fraction of sp³-hybridized carbons (Fsp3) is 0. The quantitative estimate of drug-likeness (QED) is 0.505. The second-order valence-electron chi connectivity index (χ2n) is 3.37. The Morgan fingerprint density at radius 3 is 2.41 bits per heavy atom. The van der Waals surface area contributed by atoms with Crippen LogP contribution in [0.4, 0.5) is 5.69 Å². The molecule has 0 aliphatic heterocycles. The van der Waals surface area contributed by atoms with E-state index in [-0.39, 0.29) is 27.8 Å². The smallest absolute Gasteiger partial charge is 0.278 e. The molecule has 0 heterocycles. The van der Waals surface area contributed by atoms with Crippen LogP contribution < -0.4 is 0 Å². The number of hydrogen-bond donors (Lipinski definition) is 1. The van der Waals surface area contributed by atoms with E-state index in [0.717, 1.165) is 6.07 Å². The monoisotopic (exact) mass is 251 g/mol. The van der Waals surface area contributed by atoms with Crippen LogP contribution >= 0.6 is 11.6 Å². The Labute approximate surface area is 100 Å². The number of rotatable bonds is 2. The van der Waals surface area contributed by atoms with Gasteiger partial charge in [-0.25, -0.2) is 0 Å². The summed E-state index contributed by atoms with van der Waals surface area (Å²) in [5.74, 6) is -0.341. The second kappa shape index (κ2) is 4.03. The number of carbonyl (C=O) groups is 1. The van der Waals surface area contributed by atoms with Gasteiger partial charge in [0.1, 0.15) is 5.75 Å². The molecule has 0 aliphatic rings. The minimum absolute atomic E-state index is 0.228. The van der Waals surface area contributed by atoms with Gasteiger partial charge in [0.05, 0.1) is 15.9 Å². The van der Waals surface area contributed by atoms with E-state index in [4.69, 9.17) is 11.6 Å². The molecule has 5 nitrogen and oxygen atoms in total. The summed E-state index contributed by atoms with van der Waals surface area (Å²) in [6.07, 6.45) is 0. The van der Waals surface area contributed by atoms with Crippen molar-refractivity contribution in [3.8, 4) is 5.75 Å².